The molecule has 13 heteroatoms. The predicted molar refractivity (Wildman–Crippen MR) is 291 cm³/mol. The first-order chi connectivity index (χ1) is 33.3. The molecule has 1 amide bonds. The van der Waals surface area contributed by atoms with Crippen molar-refractivity contribution in [3.8, 4) is 33.4 Å². The van der Waals surface area contributed by atoms with Gasteiger partial charge in [0, 0.05) is 40.9 Å². The normalized spacial score (nSPS) is 9.73. The number of halogens is 5. The van der Waals surface area contributed by atoms with Crippen molar-refractivity contribution in [2.45, 2.75) is 47.2 Å². The lowest BCUT2D eigenvalue weighted by molar-refractivity contribution is -0.136. The second-order valence-corrected chi connectivity index (χ2v) is 17.8. The minimum Gasteiger partial charge on any atom is -0.481 e. The fourth-order valence-corrected chi connectivity index (χ4v) is 6.59. The van der Waals surface area contributed by atoms with E-state index in [2.05, 4.69) is 50.9 Å². The number of carbonyl (C=O) groups is 3. The summed E-state index contributed by atoms with van der Waals surface area (Å²) in [5.41, 5.74) is 16.4. The Morgan fingerprint density at radius 1 is 0.465 bits per heavy atom. The zero-order valence-corrected chi connectivity index (χ0v) is 40.3. The van der Waals surface area contributed by atoms with Gasteiger partial charge in [0.1, 0.15) is 11.6 Å². The zero-order chi connectivity index (χ0) is 49.8. The molecule has 71 heavy (non-hydrogen) atoms. The highest BCUT2D eigenvalue weighted by molar-refractivity contribution is 8.26. The van der Waals surface area contributed by atoms with Crippen LogP contribution < -0.4 is 11.1 Å². The van der Waals surface area contributed by atoms with Crippen molar-refractivity contribution in [1.29, 1.82) is 0 Å². The van der Waals surface area contributed by atoms with Gasteiger partial charge in [-0.1, -0.05) is 203 Å². The summed E-state index contributed by atoms with van der Waals surface area (Å²) < 4.78 is 34.5. The fourth-order valence-electron chi connectivity index (χ4n) is 6.43. The third-order valence-corrected chi connectivity index (χ3v) is 9.88. The van der Waals surface area contributed by atoms with Crippen molar-refractivity contribution in [2.24, 2.45) is 5.73 Å². The molecule has 0 atom stereocenters. The van der Waals surface area contributed by atoms with Gasteiger partial charge in [-0.3, -0.25) is 14.4 Å². The van der Waals surface area contributed by atoms with Gasteiger partial charge in [-0.25, -0.2) is 13.0 Å². The first-order valence-electron chi connectivity index (χ1n) is 21.3. The molecule has 7 nitrogen and oxygen atoms in total. The van der Waals surface area contributed by atoms with Gasteiger partial charge in [0.05, 0.1) is 12.8 Å². The number of hydrogen-bond donors (Lipinski definition) is 3. The maximum Gasteiger partial charge on any atom is 0.307 e. The molecule has 0 aliphatic rings. The molecule has 0 bridgehead atoms. The van der Waals surface area contributed by atoms with E-state index < -0.39 is 15.2 Å². The van der Waals surface area contributed by atoms with Gasteiger partial charge >= 0.3 is 5.97 Å². The lowest BCUT2D eigenvalue weighted by Gasteiger charge is -2.07. The number of carboxylic acid groups (broad SMARTS) is 1. The van der Waals surface area contributed by atoms with Gasteiger partial charge in [0.25, 0.3) is 0 Å². The molecule has 0 aliphatic carbocycles. The molecule has 0 radical (unpaired) electrons. The van der Waals surface area contributed by atoms with Crippen LogP contribution in [0.25, 0.3) is 33.4 Å². The third-order valence-electron chi connectivity index (χ3n) is 9.75. The van der Waals surface area contributed by atoms with E-state index in [1.165, 1.54) is 29.8 Å². The average molecular weight is 1040 g/mol. The summed E-state index contributed by atoms with van der Waals surface area (Å²) in [4.78, 5) is 33.3. The Morgan fingerprint density at radius 2 is 0.789 bits per heavy atom. The van der Waals surface area contributed by atoms with Crippen LogP contribution >= 0.6 is 33.0 Å². The number of hydrogen-bond acceptors (Lipinski definition) is 5. The average Bonchev–Trinajstić information content (AvgIpc) is 3.35. The molecule has 0 heterocycles. The predicted octanol–water partition coefficient (Wildman–Crippen LogP) is 14.6. The molecule has 0 aliphatic heterocycles. The van der Waals surface area contributed by atoms with Gasteiger partial charge in [0.15, 0.2) is 0 Å². The maximum atomic E-state index is 13.1. The van der Waals surface area contributed by atoms with Crippen molar-refractivity contribution in [3.05, 3.63) is 252 Å². The first kappa shape index (κ1) is 60.3. The first-order valence-corrected chi connectivity index (χ1v) is 24.5. The molecule has 370 valence electrons. The van der Waals surface area contributed by atoms with Crippen LogP contribution in [0.15, 0.2) is 212 Å². The highest BCUT2D eigenvalue weighted by Crippen LogP contribution is 2.22. The second-order valence-electron chi connectivity index (χ2n) is 14.9. The fraction of sp³-hybridized carbons (Fsp3) is 0.121. The van der Waals surface area contributed by atoms with Crippen molar-refractivity contribution in [1.82, 2.24) is 5.32 Å². The minimum atomic E-state index is -1.67. The van der Waals surface area contributed by atoms with E-state index in [-0.39, 0.29) is 50.5 Å². The molecular weight excluding hydrogens is 981 g/mol. The summed E-state index contributed by atoms with van der Waals surface area (Å²) in [6.45, 7) is 0.733. The molecule has 0 unspecified atom stereocenters. The van der Waals surface area contributed by atoms with E-state index in [0.717, 1.165) is 55.6 Å². The number of nitrogens with one attached hydrogen (secondary N) is 1. The van der Waals surface area contributed by atoms with Crippen molar-refractivity contribution >= 4 is 59.3 Å². The van der Waals surface area contributed by atoms with Crippen LogP contribution in [-0.2, 0) is 56.0 Å². The monoisotopic (exact) mass is 1040 g/mol. The van der Waals surface area contributed by atoms with Gasteiger partial charge in [0.2, 0.25) is 20.4 Å². The van der Waals surface area contributed by atoms with Crippen molar-refractivity contribution < 1.29 is 32.5 Å². The second kappa shape index (κ2) is 33.7. The van der Waals surface area contributed by atoms with Crippen LogP contribution in [0.5, 0.6) is 0 Å². The van der Waals surface area contributed by atoms with Crippen molar-refractivity contribution in [2.75, 3.05) is 0 Å². The topological polar surface area (TPSA) is 127 Å². The largest absolute Gasteiger partial charge is 0.481 e. The number of aliphatic carboxylic acids is 1. The Hall–Kier alpha value is -6.79. The van der Waals surface area contributed by atoms with E-state index in [9.17, 15) is 23.2 Å². The van der Waals surface area contributed by atoms with Crippen LogP contribution in [-0.4, -0.2) is 26.4 Å². The summed E-state index contributed by atoms with van der Waals surface area (Å²) in [7, 11) is 7.36. The van der Waals surface area contributed by atoms with Gasteiger partial charge in [-0.05, 0) is 97.1 Å². The minimum absolute atomic E-state index is 0. The highest BCUT2D eigenvalue weighted by Gasteiger charge is 2.06. The summed E-state index contributed by atoms with van der Waals surface area (Å²) in [5, 5.41) is 11.1. The lowest BCUT2D eigenvalue weighted by Crippen LogP contribution is -2.24. The van der Waals surface area contributed by atoms with Crippen LogP contribution in [0.1, 0.15) is 42.7 Å². The van der Waals surface area contributed by atoms with Crippen LogP contribution in [0.3, 0.4) is 0 Å². The Bertz CT molecular complexity index is 2710. The molecule has 8 aromatic rings. The Morgan fingerprint density at radius 3 is 1.11 bits per heavy atom. The smallest absolute Gasteiger partial charge is 0.307 e. The lowest BCUT2D eigenvalue weighted by atomic mass is 10.0. The Kier molecular flexibility index (Phi) is 28.6. The van der Waals surface area contributed by atoms with E-state index in [0.29, 0.717) is 19.5 Å². The molecule has 4 N–H and O–H groups in total. The Labute approximate surface area is 432 Å². The summed E-state index contributed by atoms with van der Waals surface area (Å²) in [6.07, 6.45) is 0.677. The number of benzene rings is 8. The summed E-state index contributed by atoms with van der Waals surface area (Å²) in [6, 6.07) is 66.2. The van der Waals surface area contributed by atoms with E-state index in [4.69, 9.17) is 26.7 Å². The van der Waals surface area contributed by atoms with E-state index in [1.807, 2.05) is 140 Å². The molecule has 8 aromatic carbocycles. The maximum absolute atomic E-state index is 13.1. The molecular formula is C58H57Cl3F2N2O5S. The molecule has 0 saturated carbocycles. The standard InChI is InChI=1S/C21H18FNO.C14H11ClO.C14H12O2.C7H8FN.2CH4.Cl2OS/c22-20-8-4-5-17(13-20)15-23-21(24)14-16-9-11-19(12-10-16)18-6-2-1-3-7-18;2*15-14(16)10-11-6-8-13(9-7-11)12-4-2-1-3-5-12;8-7-3-1-2-6(4-7)5-9;;;1-4(2)3/h1-13H,14-15H2,(H,23,24);1-9H,10H2;1-9H,10H2,(H,15,16);1-4H,5,9H2;2*1H4;. The van der Waals surface area contributed by atoms with Crippen molar-refractivity contribution in [3.63, 3.8) is 0 Å². The molecule has 0 fully saturated rings. The number of rotatable bonds is 12. The molecule has 0 spiro atoms. The number of carbonyl (C=O) groups excluding carboxylic acids is 2. The highest BCUT2D eigenvalue weighted by atomic mass is 36.0. The molecule has 8 rings (SSSR count). The van der Waals surface area contributed by atoms with Crippen LogP contribution in [0.2, 0.25) is 0 Å². The zero-order valence-electron chi connectivity index (χ0n) is 37.2. The van der Waals surface area contributed by atoms with Crippen LogP contribution in [0, 0.1) is 11.6 Å². The molecule has 0 saturated heterocycles. The van der Waals surface area contributed by atoms with Gasteiger partial charge in [-0.2, -0.15) is 0 Å². The summed E-state index contributed by atoms with van der Waals surface area (Å²) in [5.74, 6) is -1.39. The van der Waals surface area contributed by atoms with Crippen LogP contribution in [0.4, 0.5) is 8.78 Å². The third kappa shape index (κ3) is 24.6. The molecule has 0 aromatic heterocycles. The van der Waals surface area contributed by atoms with Gasteiger partial charge < -0.3 is 16.2 Å². The van der Waals surface area contributed by atoms with Gasteiger partial charge in [-0.15, -0.1) is 0 Å². The van der Waals surface area contributed by atoms with E-state index in [1.54, 1.807) is 24.3 Å². The number of amides is 1. The van der Waals surface area contributed by atoms with E-state index >= 15 is 0 Å². The Balaban J connectivity index is 0.000000327. The SMILES string of the molecule is C.C.NCc1cccc(F)c1.O=C(Cc1ccc(-c2ccccc2)cc1)NCc1cccc(F)c1.O=C(Cl)Cc1ccc(-c2ccccc2)cc1.O=C(O)Cc1ccc(-c2ccccc2)cc1.O=S(Cl)Cl. The quantitative estimate of drug-likeness (QED) is 0.105. The summed E-state index contributed by atoms with van der Waals surface area (Å²) >= 11 is 5.33. The number of nitrogens with two attached hydrogens (primary N) is 1. The number of carboxylic acids is 1.